The quantitative estimate of drug-likeness (QED) is 0.662. The number of carbonyl (C=O) groups is 1. The minimum Gasteiger partial charge on any atom is -0.335 e. The SMILES string of the molecule is Cc1nc2c(C#N)cnn2c(C)c1CCC(=O)N(Cc1cccnc1)C1CC1. The Morgan fingerprint density at radius 3 is 2.86 bits per heavy atom. The highest BCUT2D eigenvalue weighted by Gasteiger charge is 2.32. The summed E-state index contributed by atoms with van der Waals surface area (Å²) >= 11 is 0. The molecule has 1 amide bonds. The maximum absolute atomic E-state index is 13.0. The van der Waals surface area contributed by atoms with Crippen LogP contribution in [0.3, 0.4) is 0 Å². The number of pyridine rings is 1. The van der Waals surface area contributed by atoms with Crippen molar-refractivity contribution in [3.8, 4) is 6.07 Å². The van der Waals surface area contributed by atoms with Crippen LogP contribution < -0.4 is 0 Å². The third kappa shape index (κ3) is 3.46. The molecule has 3 aromatic heterocycles. The van der Waals surface area contributed by atoms with Crippen LogP contribution >= 0.6 is 0 Å². The van der Waals surface area contributed by atoms with Gasteiger partial charge in [0.05, 0.1) is 6.20 Å². The van der Waals surface area contributed by atoms with E-state index in [0.29, 0.717) is 36.6 Å². The summed E-state index contributed by atoms with van der Waals surface area (Å²) in [5, 5.41) is 13.5. The lowest BCUT2D eigenvalue weighted by Gasteiger charge is -2.23. The zero-order valence-electron chi connectivity index (χ0n) is 16.1. The molecule has 3 heterocycles. The maximum atomic E-state index is 13.0. The average Bonchev–Trinajstić information content (AvgIpc) is 3.46. The zero-order chi connectivity index (χ0) is 19.7. The first kappa shape index (κ1) is 18.1. The van der Waals surface area contributed by atoms with E-state index >= 15 is 0 Å². The van der Waals surface area contributed by atoms with Crippen molar-refractivity contribution in [2.45, 2.75) is 52.1 Å². The van der Waals surface area contributed by atoms with Crippen molar-refractivity contribution in [1.29, 1.82) is 5.26 Å². The van der Waals surface area contributed by atoms with Crippen LogP contribution in [0.15, 0.2) is 30.7 Å². The van der Waals surface area contributed by atoms with Crippen molar-refractivity contribution >= 4 is 11.6 Å². The highest BCUT2D eigenvalue weighted by molar-refractivity contribution is 5.77. The van der Waals surface area contributed by atoms with Crippen molar-refractivity contribution < 1.29 is 4.79 Å². The molecule has 1 fully saturated rings. The molecule has 0 unspecified atom stereocenters. The fraction of sp³-hybridized carbons (Fsp3) is 0.381. The fourth-order valence-corrected chi connectivity index (χ4v) is 3.62. The topological polar surface area (TPSA) is 87.2 Å². The minimum absolute atomic E-state index is 0.156. The second kappa shape index (κ2) is 7.39. The molecule has 0 radical (unpaired) electrons. The number of nitrogens with zero attached hydrogens (tertiary/aromatic N) is 6. The first-order valence-corrected chi connectivity index (χ1v) is 9.50. The van der Waals surface area contributed by atoms with Gasteiger partial charge in [0.15, 0.2) is 5.65 Å². The van der Waals surface area contributed by atoms with Crippen LogP contribution in [0.25, 0.3) is 5.65 Å². The molecule has 0 atom stereocenters. The Hall–Kier alpha value is -3.27. The molecule has 0 aliphatic heterocycles. The Morgan fingerprint density at radius 2 is 2.18 bits per heavy atom. The number of aromatic nitrogens is 4. The van der Waals surface area contributed by atoms with E-state index in [1.807, 2.05) is 37.1 Å². The molecular formula is C21H22N6O. The van der Waals surface area contributed by atoms with Gasteiger partial charge in [0, 0.05) is 42.8 Å². The van der Waals surface area contributed by atoms with Gasteiger partial charge >= 0.3 is 0 Å². The van der Waals surface area contributed by atoms with E-state index in [-0.39, 0.29) is 5.91 Å². The average molecular weight is 374 g/mol. The molecular weight excluding hydrogens is 352 g/mol. The third-order valence-corrected chi connectivity index (χ3v) is 5.30. The minimum atomic E-state index is 0.156. The summed E-state index contributed by atoms with van der Waals surface area (Å²) in [4.78, 5) is 23.6. The van der Waals surface area contributed by atoms with E-state index in [1.165, 1.54) is 6.20 Å². The Labute approximate surface area is 163 Å². The van der Waals surface area contributed by atoms with Crippen molar-refractivity contribution in [2.75, 3.05) is 0 Å². The Bertz CT molecular complexity index is 1060. The molecule has 0 bridgehead atoms. The summed E-state index contributed by atoms with van der Waals surface area (Å²) in [6, 6.07) is 6.37. The van der Waals surface area contributed by atoms with Gasteiger partial charge in [-0.25, -0.2) is 9.50 Å². The molecule has 1 aliphatic carbocycles. The van der Waals surface area contributed by atoms with E-state index in [0.717, 1.165) is 35.4 Å². The molecule has 0 saturated heterocycles. The molecule has 1 aliphatic rings. The summed E-state index contributed by atoms with van der Waals surface area (Å²) in [7, 11) is 0. The number of amides is 1. The fourth-order valence-electron chi connectivity index (χ4n) is 3.62. The second-order valence-corrected chi connectivity index (χ2v) is 7.28. The second-order valence-electron chi connectivity index (χ2n) is 7.28. The van der Waals surface area contributed by atoms with Gasteiger partial charge in [0.2, 0.25) is 5.91 Å². The molecule has 28 heavy (non-hydrogen) atoms. The van der Waals surface area contributed by atoms with E-state index < -0.39 is 0 Å². The van der Waals surface area contributed by atoms with Crippen molar-refractivity contribution in [3.05, 3.63) is 58.8 Å². The highest BCUT2D eigenvalue weighted by atomic mass is 16.2. The maximum Gasteiger partial charge on any atom is 0.223 e. The molecule has 142 valence electrons. The molecule has 7 heteroatoms. The largest absolute Gasteiger partial charge is 0.335 e. The standard InChI is InChI=1S/C21H22N6O/c1-14-19(15(2)27-21(25-14)17(10-22)12-24-27)7-8-20(28)26(18-5-6-18)13-16-4-3-9-23-11-16/h3-4,9,11-12,18H,5-8,13H2,1-2H3. The van der Waals surface area contributed by atoms with Crippen molar-refractivity contribution in [1.82, 2.24) is 24.5 Å². The lowest BCUT2D eigenvalue weighted by Crippen LogP contribution is -2.33. The van der Waals surface area contributed by atoms with Crippen LogP contribution in [0.1, 0.15) is 47.3 Å². The molecule has 0 N–H and O–H groups in total. The molecule has 1 saturated carbocycles. The monoisotopic (exact) mass is 374 g/mol. The van der Waals surface area contributed by atoms with Gasteiger partial charge in [-0.1, -0.05) is 6.07 Å². The zero-order valence-corrected chi connectivity index (χ0v) is 16.1. The number of rotatable bonds is 6. The Morgan fingerprint density at radius 1 is 1.36 bits per heavy atom. The van der Waals surface area contributed by atoms with Crippen LogP contribution in [0, 0.1) is 25.2 Å². The lowest BCUT2D eigenvalue weighted by atomic mass is 10.1. The van der Waals surface area contributed by atoms with Gasteiger partial charge < -0.3 is 4.90 Å². The third-order valence-electron chi connectivity index (χ3n) is 5.30. The predicted octanol–water partition coefficient (Wildman–Crippen LogP) is 2.74. The van der Waals surface area contributed by atoms with E-state index in [9.17, 15) is 10.1 Å². The highest BCUT2D eigenvalue weighted by Crippen LogP contribution is 2.29. The Balaban J connectivity index is 1.52. The Kier molecular flexibility index (Phi) is 4.78. The predicted molar refractivity (Wildman–Crippen MR) is 103 cm³/mol. The van der Waals surface area contributed by atoms with Crippen LogP contribution in [0.5, 0.6) is 0 Å². The number of carbonyl (C=O) groups excluding carboxylic acids is 1. The van der Waals surface area contributed by atoms with Gasteiger partial charge in [-0.15, -0.1) is 0 Å². The first-order valence-electron chi connectivity index (χ1n) is 9.50. The molecule has 3 aromatic rings. The number of hydrogen-bond acceptors (Lipinski definition) is 5. The van der Waals surface area contributed by atoms with Gasteiger partial charge in [-0.2, -0.15) is 10.4 Å². The van der Waals surface area contributed by atoms with Crippen molar-refractivity contribution in [2.24, 2.45) is 0 Å². The number of hydrogen-bond donors (Lipinski definition) is 0. The van der Waals surface area contributed by atoms with E-state index in [1.54, 1.807) is 10.7 Å². The van der Waals surface area contributed by atoms with E-state index in [2.05, 4.69) is 21.1 Å². The molecule has 7 nitrogen and oxygen atoms in total. The molecule has 4 rings (SSSR count). The van der Waals surface area contributed by atoms with E-state index in [4.69, 9.17) is 0 Å². The summed E-state index contributed by atoms with van der Waals surface area (Å²) in [5.41, 5.74) is 4.89. The van der Waals surface area contributed by atoms with Crippen molar-refractivity contribution in [3.63, 3.8) is 0 Å². The number of fused-ring (bicyclic) bond motifs is 1. The van der Waals surface area contributed by atoms with Crippen LogP contribution in [0.2, 0.25) is 0 Å². The van der Waals surface area contributed by atoms with Crippen LogP contribution in [-0.4, -0.2) is 36.4 Å². The lowest BCUT2D eigenvalue weighted by molar-refractivity contribution is -0.132. The molecule has 0 aromatic carbocycles. The van der Waals surface area contributed by atoms with Gasteiger partial charge in [0.1, 0.15) is 11.6 Å². The summed E-state index contributed by atoms with van der Waals surface area (Å²) in [5.74, 6) is 0.156. The summed E-state index contributed by atoms with van der Waals surface area (Å²) < 4.78 is 1.69. The van der Waals surface area contributed by atoms with Gasteiger partial charge in [0.25, 0.3) is 0 Å². The van der Waals surface area contributed by atoms with Crippen LogP contribution in [0.4, 0.5) is 0 Å². The molecule has 0 spiro atoms. The van der Waals surface area contributed by atoms with Gasteiger partial charge in [-0.3, -0.25) is 9.78 Å². The normalized spacial score (nSPS) is 13.5. The van der Waals surface area contributed by atoms with Crippen LogP contribution in [-0.2, 0) is 17.8 Å². The summed E-state index contributed by atoms with van der Waals surface area (Å²) in [6.45, 7) is 4.50. The summed E-state index contributed by atoms with van der Waals surface area (Å²) in [6.07, 6.45) is 8.28. The first-order chi connectivity index (χ1) is 13.6. The number of nitriles is 1. The number of aryl methyl sites for hydroxylation is 2. The smallest absolute Gasteiger partial charge is 0.223 e. The van der Waals surface area contributed by atoms with Gasteiger partial charge in [-0.05, 0) is 50.3 Å².